The fourth-order valence-electron chi connectivity index (χ4n) is 6.81. The number of pyridine rings is 1. The Morgan fingerprint density at radius 1 is 1.05 bits per heavy atom. The van der Waals surface area contributed by atoms with Crippen LogP contribution in [-0.2, 0) is 11.2 Å². The van der Waals surface area contributed by atoms with Gasteiger partial charge in [0.2, 0.25) is 5.88 Å². The summed E-state index contributed by atoms with van der Waals surface area (Å²) < 4.78 is 12.1. The summed E-state index contributed by atoms with van der Waals surface area (Å²) in [6.07, 6.45) is 8.35. The molecule has 4 atom stereocenters. The molecule has 0 spiro atoms. The average Bonchev–Trinajstić information content (AvgIpc) is 3.66. The standard InChI is InChI=1S/C34H40N2O4/c1-21(34(37)38)33(24-7-8-24)27-9-6-23-11-13-30(40-31(23)19-27)26-10-12-28(25-14-15-35-32(20-25)39-3)29(18-26)22(2)36-16-4-5-17-36/h6,9-10,12,14-15,18-22,24,30,33H,4-5,7-8,11,13,16-17H2,1-3H3,(H,37,38)/t21-,22?,30?,33-/m0/s1. The fraction of sp³-hybridized carbons (Fsp3) is 0.471. The Bertz CT molecular complexity index is 1380. The van der Waals surface area contributed by atoms with Gasteiger partial charge >= 0.3 is 5.97 Å². The number of benzene rings is 2. The normalized spacial score (nSPS) is 21.2. The van der Waals surface area contributed by atoms with E-state index < -0.39 is 11.9 Å². The number of likely N-dealkylation sites (tertiary alicyclic amines) is 1. The van der Waals surface area contributed by atoms with Crippen molar-refractivity contribution in [2.45, 2.75) is 70.4 Å². The van der Waals surface area contributed by atoms with Crippen LogP contribution >= 0.6 is 0 Å². The lowest BCUT2D eigenvalue weighted by Crippen LogP contribution is -2.24. The number of hydrogen-bond donors (Lipinski definition) is 1. The van der Waals surface area contributed by atoms with Gasteiger partial charge in [-0.1, -0.05) is 31.2 Å². The van der Waals surface area contributed by atoms with E-state index in [-0.39, 0.29) is 18.1 Å². The second-order valence-electron chi connectivity index (χ2n) is 11.9. The monoisotopic (exact) mass is 540 g/mol. The molecule has 0 radical (unpaired) electrons. The molecule has 6 nitrogen and oxygen atoms in total. The summed E-state index contributed by atoms with van der Waals surface area (Å²) in [6.45, 7) is 6.41. The van der Waals surface area contributed by atoms with Crippen molar-refractivity contribution in [3.8, 4) is 22.8 Å². The first-order chi connectivity index (χ1) is 19.4. The molecule has 2 aromatic carbocycles. The molecule has 40 heavy (non-hydrogen) atoms. The van der Waals surface area contributed by atoms with Crippen molar-refractivity contribution in [1.29, 1.82) is 0 Å². The van der Waals surface area contributed by atoms with Gasteiger partial charge in [-0.3, -0.25) is 9.69 Å². The zero-order valence-electron chi connectivity index (χ0n) is 23.8. The largest absolute Gasteiger partial charge is 0.485 e. The smallest absolute Gasteiger partial charge is 0.306 e. The van der Waals surface area contributed by atoms with Gasteiger partial charge in [-0.15, -0.1) is 0 Å². The molecule has 1 N–H and O–H groups in total. The number of carboxylic acid groups (broad SMARTS) is 1. The van der Waals surface area contributed by atoms with Gasteiger partial charge in [0.1, 0.15) is 11.9 Å². The average molecular weight is 541 g/mol. The second-order valence-corrected chi connectivity index (χ2v) is 11.9. The van der Waals surface area contributed by atoms with Crippen LogP contribution < -0.4 is 9.47 Å². The lowest BCUT2D eigenvalue weighted by Gasteiger charge is -2.31. The summed E-state index contributed by atoms with van der Waals surface area (Å²) in [6, 6.07) is 17.6. The van der Waals surface area contributed by atoms with Crippen LogP contribution in [0.15, 0.2) is 54.7 Å². The van der Waals surface area contributed by atoms with Crippen molar-refractivity contribution in [3.63, 3.8) is 0 Å². The number of aryl methyl sites for hydroxylation is 1. The van der Waals surface area contributed by atoms with Crippen LogP contribution in [0.2, 0.25) is 0 Å². The first kappa shape index (κ1) is 26.8. The van der Waals surface area contributed by atoms with Gasteiger partial charge in [-0.25, -0.2) is 4.98 Å². The minimum atomic E-state index is -0.722. The lowest BCUT2D eigenvalue weighted by atomic mass is 9.82. The highest BCUT2D eigenvalue weighted by Gasteiger charge is 2.39. The molecule has 6 heteroatoms. The first-order valence-electron chi connectivity index (χ1n) is 14.8. The minimum Gasteiger partial charge on any atom is -0.485 e. The molecule has 210 valence electrons. The highest BCUT2D eigenvalue weighted by atomic mass is 16.5. The lowest BCUT2D eigenvalue weighted by molar-refractivity contribution is -0.142. The maximum Gasteiger partial charge on any atom is 0.306 e. The molecule has 6 rings (SSSR count). The molecule has 0 bridgehead atoms. The first-order valence-corrected chi connectivity index (χ1v) is 14.8. The van der Waals surface area contributed by atoms with Crippen LogP contribution in [0.4, 0.5) is 0 Å². The van der Waals surface area contributed by atoms with E-state index in [1.165, 1.54) is 35.1 Å². The Morgan fingerprint density at radius 3 is 2.58 bits per heavy atom. The van der Waals surface area contributed by atoms with Crippen molar-refractivity contribution in [3.05, 3.63) is 77.0 Å². The molecule has 1 aliphatic carbocycles. The predicted octanol–water partition coefficient (Wildman–Crippen LogP) is 7.19. The number of fused-ring (bicyclic) bond motifs is 1. The van der Waals surface area contributed by atoms with Crippen LogP contribution in [0, 0.1) is 11.8 Å². The molecule has 3 aliphatic rings. The van der Waals surface area contributed by atoms with E-state index >= 15 is 0 Å². The SMILES string of the molecule is COc1cc(-c2ccc(C3CCc4ccc([C@H](C5CC5)[C@H](C)C(=O)O)cc4O3)cc2C(C)N2CCCC2)ccn1. The number of aliphatic carboxylic acids is 1. The number of nitrogens with zero attached hydrogens (tertiary/aromatic N) is 2. The third-order valence-electron chi connectivity index (χ3n) is 9.32. The summed E-state index contributed by atoms with van der Waals surface area (Å²) in [7, 11) is 1.65. The Hall–Kier alpha value is -3.38. The molecule has 3 heterocycles. The quantitative estimate of drug-likeness (QED) is 0.310. The Balaban J connectivity index is 1.32. The van der Waals surface area contributed by atoms with E-state index in [0.717, 1.165) is 55.6 Å². The maximum absolute atomic E-state index is 11.9. The summed E-state index contributed by atoms with van der Waals surface area (Å²) in [5.41, 5.74) is 7.13. The zero-order chi connectivity index (χ0) is 27.8. The molecule has 1 saturated heterocycles. The van der Waals surface area contributed by atoms with Crippen molar-refractivity contribution >= 4 is 5.97 Å². The highest BCUT2D eigenvalue weighted by molar-refractivity contribution is 5.71. The molecule has 1 saturated carbocycles. The van der Waals surface area contributed by atoms with Crippen LogP contribution in [0.25, 0.3) is 11.1 Å². The van der Waals surface area contributed by atoms with E-state index in [1.807, 2.05) is 19.2 Å². The van der Waals surface area contributed by atoms with Crippen molar-refractivity contribution in [2.24, 2.45) is 11.8 Å². The van der Waals surface area contributed by atoms with Crippen molar-refractivity contribution < 1.29 is 19.4 Å². The number of carboxylic acids is 1. The van der Waals surface area contributed by atoms with E-state index in [9.17, 15) is 9.90 Å². The summed E-state index contributed by atoms with van der Waals surface area (Å²) in [4.78, 5) is 18.8. The molecule has 2 aliphatic heterocycles. The number of aromatic nitrogens is 1. The van der Waals surface area contributed by atoms with Crippen LogP contribution in [-0.4, -0.2) is 41.2 Å². The topological polar surface area (TPSA) is 71.9 Å². The minimum absolute atomic E-state index is 0.0374. The number of rotatable bonds is 9. The van der Waals surface area contributed by atoms with E-state index in [4.69, 9.17) is 9.47 Å². The van der Waals surface area contributed by atoms with Gasteiger partial charge in [-0.2, -0.15) is 0 Å². The van der Waals surface area contributed by atoms with E-state index in [0.29, 0.717) is 11.8 Å². The molecule has 2 unspecified atom stereocenters. The number of carbonyl (C=O) groups is 1. The molecule has 1 aromatic heterocycles. The van der Waals surface area contributed by atoms with Crippen LogP contribution in [0.5, 0.6) is 11.6 Å². The van der Waals surface area contributed by atoms with Crippen molar-refractivity contribution in [2.75, 3.05) is 20.2 Å². The highest BCUT2D eigenvalue weighted by Crippen LogP contribution is 2.48. The second kappa shape index (κ2) is 11.2. The van der Waals surface area contributed by atoms with E-state index in [2.05, 4.69) is 59.3 Å². The third kappa shape index (κ3) is 5.34. The molecular formula is C34H40N2O4. The summed E-state index contributed by atoms with van der Waals surface area (Å²) in [5, 5.41) is 9.76. The Kier molecular flexibility index (Phi) is 7.54. The Morgan fingerprint density at radius 2 is 1.85 bits per heavy atom. The van der Waals surface area contributed by atoms with Gasteiger partial charge in [-0.05, 0) is 122 Å². The number of hydrogen-bond acceptors (Lipinski definition) is 5. The van der Waals surface area contributed by atoms with Gasteiger partial charge in [0.25, 0.3) is 0 Å². The predicted molar refractivity (Wildman–Crippen MR) is 156 cm³/mol. The fourth-order valence-corrected chi connectivity index (χ4v) is 6.81. The van der Waals surface area contributed by atoms with Crippen molar-refractivity contribution in [1.82, 2.24) is 9.88 Å². The third-order valence-corrected chi connectivity index (χ3v) is 9.32. The van der Waals surface area contributed by atoms with Gasteiger partial charge in [0.15, 0.2) is 0 Å². The van der Waals surface area contributed by atoms with Crippen LogP contribution in [0.1, 0.15) is 86.3 Å². The number of ether oxygens (including phenoxy) is 2. The Labute approximate surface area is 237 Å². The maximum atomic E-state index is 11.9. The molecule has 2 fully saturated rings. The van der Waals surface area contributed by atoms with Gasteiger partial charge in [0.05, 0.1) is 13.0 Å². The summed E-state index contributed by atoms with van der Waals surface area (Å²) >= 11 is 0. The number of methoxy groups -OCH3 is 1. The summed E-state index contributed by atoms with van der Waals surface area (Å²) in [5.74, 6) is 0.896. The van der Waals surface area contributed by atoms with Gasteiger partial charge in [0, 0.05) is 18.3 Å². The molecule has 0 amide bonds. The van der Waals surface area contributed by atoms with Crippen LogP contribution in [0.3, 0.4) is 0 Å². The molecular weight excluding hydrogens is 500 g/mol. The zero-order valence-corrected chi connectivity index (χ0v) is 23.8. The van der Waals surface area contributed by atoms with E-state index in [1.54, 1.807) is 7.11 Å². The molecule has 3 aromatic rings. The van der Waals surface area contributed by atoms with Gasteiger partial charge < -0.3 is 14.6 Å².